The molecule has 0 unspecified atom stereocenters. The Morgan fingerprint density at radius 1 is 1.17 bits per heavy atom. The van der Waals surface area contributed by atoms with Crippen molar-refractivity contribution in [2.24, 2.45) is 5.73 Å². The van der Waals surface area contributed by atoms with Gasteiger partial charge in [0.15, 0.2) is 0 Å². The van der Waals surface area contributed by atoms with Crippen molar-refractivity contribution in [1.82, 2.24) is 0 Å². The van der Waals surface area contributed by atoms with Gasteiger partial charge in [-0.2, -0.15) is 0 Å². The van der Waals surface area contributed by atoms with E-state index < -0.39 is 0 Å². The van der Waals surface area contributed by atoms with Gasteiger partial charge in [0, 0.05) is 6.42 Å². The van der Waals surface area contributed by atoms with Crippen molar-refractivity contribution in [3.8, 4) is 5.75 Å². The summed E-state index contributed by atoms with van der Waals surface area (Å²) < 4.78 is 24.3. The van der Waals surface area contributed by atoms with Gasteiger partial charge in [-0.25, -0.2) is 4.39 Å². The molecular formula is C19H22FNO2. The van der Waals surface area contributed by atoms with Gasteiger partial charge < -0.3 is 15.2 Å². The lowest BCUT2D eigenvalue weighted by Gasteiger charge is -2.09. The molecule has 0 fully saturated rings. The highest BCUT2D eigenvalue weighted by Gasteiger charge is 2.00. The van der Waals surface area contributed by atoms with E-state index in [0.29, 0.717) is 26.2 Å². The lowest BCUT2D eigenvalue weighted by Crippen LogP contribution is -2.02. The van der Waals surface area contributed by atoms with Crippen LogP contribution < -0.4 is 10.5 Å². The summed E-state index contributed by atoms with van der Waals surface area (Å²) in [4.78, 5) is 0. The van der Waals surface area contributed by atoms with Gasteiger partial charge in [0.2, 0.25) is 0 Å². The van der Waals surface area contributed by atoms with Gasteiger partial charge in [-0.05, 0) is 54.9 Å². The minimum absolute atomic E-state index is 0.255. The Balaban J connectivity index is 1.97. The maximum atomic E-state index is 13.1. The van der Waals surface area contributed by atoms with E-state index in [1.807, 2.05) is 43.3 Å². The lowest BCUT2D eigenvalue weighted by atomic mass is 10.1. The number of halogens is 1. The van der Waals surface area contributed by atoms with Crippen molar-refractivity contribution < 1.29 is 13.9 Å². The van der Waals surface area contributed by atoms with E-state index in [0.717, 1.165) is 22.6 Å². The van der Waals surface area contributed by atoms with Crippen LogP contribution in [0, 0.1) is 5.82 Å². The largest absolute Gasteiger partial charge is 0.498 e. The molecule has 0 atom stereocenters. The Morgan fingerprint density at radius 3 is 2.61 bits per heavy atom. The summed E-state index contributed by atoms with van der Waals surface area (Å²) in [5.41, 5.74) is 7.40. The molecule has 0 aliphatic heterocycles. The zero-order valence-electron chi connectivity index (χ0n) is 13.3. The second-order valence-electron chi connectivity index (χ2n) is 5.07. The van der Waals surface area contributed by atoms with E-state index >= 15 is 0 Å². The number of benzene rings is 2. The molecular weight excluding hydrogens is 293 g/mol. The molecule has 0 saturated heterocycles. The predicted molar refractivity (Wildman–Crippen MR) is 90.4 cm³/mol. The molecule has 122 valence electrons. The highest BCUT2D eigenvalue weighted by Crippen LogP contribution is 2.17. The van der Waals surface area contributed by atoms with Crippen molar-refractivity contribution in [3.05, 3.63) is 71.2 Å². The summed E-state index contributed by atoms with van der Waals surface area (Å²) in [6.07, 6.45) is 2.69. The minimum Gasteiger partial charge on any atom is -0.498 e. The van der Waals surface area contributed by atoms with Gasteiger partial charge in [-0.3, -0.25) is 0 Å². The van der Waals surface area contributed by atoms with Crippen LogP contribution >= 0.6 is 0 Å². The van der Waals surface area contributed by atoms with Crippen LogP contribution in [-0.2, 0) is 11.3 Å². The summed E-state index contributed by atoms with van der Waals surface area (Å²) in [6.45, 7) is 3.47. The smallest absolute Gasteiger partial charge is 0.123 e. The van der Waals surface area contributed by atoms with Crippen LogP contribution in [0.4, 0.5) is 4.39 Å². The summed E-state index contributed by atoms with van der Waals surface area (Å²) in [5, 5.41) is 0. The van der Waals surface area contributed by atoms with E-state index in [1.54, 1.807) is 6.07 Å². The minimum atomic E-state index is -0.255. The Labute approximate surface area is 136 Å². The van der Waals surface area contributed by atoms with Crippen molar-refractivity contribution in [2.45, 2.75) is 20.0 Å². The first kappa shape index (κ1) is 17.0. The van der Waals surface area contributed by atoms with Crippen molar-refractivity contribution in [3.63, 3.8) is 0 Å². The molecule has 2 N–H and O–H groups in total. The fourth-order valence-corrected chi connectivity index (χ4v) is 2.15. The standard InChI is InChI=1S/C19H22FNO2/c1-2-22-19(10-11-21)13-15-6-8-18(9-7-15)23-14-16-4-3-5-17(20)12-16/h3-9,12-13H,2,10-11,14,21H2,1H3. The topological polar surface area (TPSA) is 44.5 Å². The maximum absolute atomic E-state index is 13.1. The van der Waals surface area contributed by atoms with Crippen LogP contribution in [0.25, 0.3) is 6.08 Å². The van der Waals surface area contributed by atoms with Crippen LogP contribution in [0.5, 0.6) is 5.75 Å². The molecule has 23 heavy (non-hydrogen) atoms. The third-order valence-corrected chi connectivity index (χ3v) is 3.22. The van der Waals surface area contributed by atoms with Gasteiger partial charge in [-0.15, -0.1) is 0 Å². The number of hydrogen-bond donors (Lipinski definition) is 1. The first-order valence-electron chi connectivity index (χ1n) is 7.72. The molecule has 0 aliphatic carbocycles. The molecule has 0 amide bonds. The third kappa shape index (κ3) is 5.75. The van der Waals surface area contributed by atoms with Crippen LogP contribution in [0.1, 0.15) is 24.5 Å². The first-order chi connectivity index (χ1) is 11.2. The number of ether oxygens (including phenoxy) is 2. The molecule has 0 saturated carbocycles. The molecule has 0 aromatic heterocycles. The number of hydrogen-bond acceptors (Lipinski definition) is 3. The normalized spacial score (nSPS) is 11.3. The van der Waals surface area contributed by atoms with Gasteiger partial charge in [0.05, 0.1) is 12.4 Å². The molecule has 2 aromatic carbocycles. The first-order valence-corrected chi connectivity index (χ1v) is 7.72. The predicted octanol–water partition coefficient (Wildman–Crippen LogP) is 4.13. The summed E-state index contributed by atoms with van der Waals surface area (Å²) in [7, 11) is 0. The second kappa shape index (κ2) is 8.96. The molecule has 2 aromatic rings. The van der Waals surface area contributed by atoms with E-state index in [9.17, 15) is 4.39 Å². The van der Waals surface area contributed by atoms with Gasteiger partial charge >= 0.3 is 0 Å². The number of nitrogens with two attached hydrogens (primary N) is 1. The van der Waals surface area contributed by atoms with Crippen LogP contribution in [0.15, 0.2) is 54.3 Å². The summed E-state index contributed by atoms with van der Waals surface area (Å²) in [5.74, 6) is 1.36. The van der Waals surface area contributed by atoms with Crippen molar-refractivity contribution in [2.75, 3.05) is 13.2 Å². The van der Waals surface area contributed by atoms with Crippen LogP contribution in [-0.4, -0.2) is 13.2 Å². The Morgan fingerprint density at radius 2 is 1.96 bits per heavy atom. The Kier molecular flexibility index (Phi) is 6.63. The summed E-state index contributed by atoms with van der Waals surface area (Å²) >= 11 is 0. The quantitative estimate of drug-likeness (QED) is 0.745. The van der Waals surface area contributed by atoms with E-state index in [-0.39, 0.29) is 5.82 Å². The molecule has 0 spiro atoms. The highest BCUT2D eigenvalue weighted by atomic mass is 19.1. The van der Waals surface area contributed by atoms with Crippen molar-refractivity contribution in [1.29, 1.82) is 0 Å². The monoisotopic (exact) mass is 315 g/mol. The van der Waals surface area contributed by atoms with Crippen molar-refractivity contribution >= 4 is 6.08 Å². The van der Waals surface area contributed by atoms with Gasteiger partial charge in [-0.1, -0.05) is 24.3 Å². The number of rotatable bonds is 8. The SMILES string of the molecule is CCOC(=Cc1ccc(OCc2cccc(F)c2)cc1)CCN. The fraction of sp³-hybridized carbons (Fsp3) is 0.263. The third-order valence-electron chi connectivity index (χ3n) is 3.22. The average molecular weight is 315 g/mol. The van der Waals surface area contributed by atoms with Crippen LogP contribution in [0.3, 0.4) is 0 Å². The van der Waals surface area contributed by atoms with E-state index in [1.165, 1.54) is 12.1 Å². The zero-order chi connectivity index (χ0) is 16.5. The zero-order valence-corrected chi connectivity index (χ0v) is 13.3. The molecule has 3 nitrogen and oxygen atoms in total. The second-order valence-corrected chi connectivity index (χ2v) is 5.07. The molecule has 4 heteroatoms. The maximum Gasteiger partial charge on any atom is 0.123 e. The average Bonchev–Trinajstić information content (AvgIpc) is 2.55. The molecule has 0 bridgehead atoms. The lowest BCUT2D eigenvalue weighted by molar-refractivity contribution is 0.223. The highest BCUT2D eigenvalue weighted by molar-refractivity contribution is 5.52. The Bertz CT molecular complexity index is 630. The van der Waals surface area contributed by atoms with E-state index in [4.69, 9.17) is 15.2 Å². The molecule has 0 radical (unpaired) electrons. The van der Waals surface area contributed by atoms with E-state index in [2.05, 4.69) is 0 Å². The molecule has 0 aliphatic rings. The van der Waals surface area contributed by atoms with Gasteiger partial charge in [0.1, 0.15) is 18.2 Å². The molecule has 0 heterocycles. The fourth-order valence-electron chi connectivity index (χ4n) is 2.15. The summed E-state index contributed by atoms with van der Waals surface area (Å²) in [6, 6.07) is 14.1. The molecule has 2 rings (SSSR count). The van der Waals surface area contributed by atoms with Crippen LogP contribution in [0.2, 0.25) is 0 Å². The Hall–Kier alpha value is -2.33. The van der Waals surface area contributed by atoms with Gasteiger partial charge in [0.25, 0.3) is 0 Å².